The van der Waals surface area contributed by atoms with Crippen molar-refractivity contribution in [3.8, 4) is 0 Å². The molecule has 0 aliphatic carbocycles. The van der Waals surface area contributed by atoms with Crippen LogP contribution < -0.4 is 10.6 Å². The largest absolute Gasteiger partial charge is 0.354 e. The van der Waals surface area contributed by atoms with Gasteiger partial charge in [-0.25, -0.2) is 8.42 Å². The number of benzene rings is 1. The van der Waals surface area contributed by atoms with E-state index >= 15 is 0 Å². The van der Waals surface area contributed by atoms with Crippen LogP contribution in [0.1, 0.15) is 32.3 Å². The Morgan fingerprint density at radius 2 is 1.78 bits per heavy atom. The molecular weight excluding hydrogens is 312 g/mol. The van der Waals surface area contributed by atoms with Crippen molar-refractivity contribution in [3.05, 3.63) is 35.9 Å². The molecule has 5 nitrogen and oxygen atoms in total. The van der Waals surface area contributed by atoms with E-state index in [4.69, 9.17) is 0 Å². The van der Waals surface area contributed by atoms with Gasteiger partial charge in [-0.2, -0.15) is 0 Å². The molecule has 23 heavy (non-hydrogen) atoms. The first kappa shape index (κ1) is 17.9. The van der Waals surface area contributed by atoms with E-state index in [-0.39, 0.29) is 12.5 Å². The molecule has 1 fully saturated rings. The number of hydrogen-bond acceptors (Lipinski definition) is 4. The smallest absolute Gasteiger partial charge is 0.230 e. The zero-order valence-electron chi connectivity index (χ0n) is 14.1. The number of carbonyl (C=O) groups is 1. The van der Waals surface area contributed by atoms with Gasteiger partial charge in [0.25, 0.3) is 0 Å². The van der Waals surface area contributed by atoms with Gasteiger partial charge in [0, 0.05) is 12.8 Å². The minimum atomic E-state index is -3.24. The summed E-state index contributed by atoms with van der Waals surface area (Å²) in [6.45, 7) is 4.95. The monoisotopic (exact) mass is 338 g/mol. The van der Waals surface area contributed by atoms with Gasteiger partial charge in [0.15, 0.2) is 9.84 Å². The maximum absolute atomic E-state index is 13.0. The molecule has 1 aromatic rings. The molecule has 2 N–H and O–H groups in total. The van der Waals surface area contributed by atoms with E-state index < -0.39 is 20.0 Å². The third-order valence-corrected chi connectivity index (χ3v) is 7.05. The maximum Gasteiger partial charge on any atom is 0.230 e. The highest BCUT2D eigenvalue weighted by molar-refractivity contribution is 7.92. The van der Waals surface area contributed by atoms with E-state index in [1.807, 2.05) is 30.3 Å². The highest BCUT2D eigenvalue weighted by Gasteiger charge is 2.42. The highest BCUT2D eigenvalue weighted by atomic mass is 32.2. The first-order valence-electron chi connectivity index (χ1n) is 7.93. The van der Waals surface area contributed by atoms with Crippen LogP contribution in [0.15, 0.2) is 30.3 Å². The Kier molecular flexibility index (Phi) is 5.16. The molecule has 1 aliphatic rings. The molecule has 1 aromatic carbocycles. The highest BCUT2D eigenvalue weighted by Crippen LogP contribution is 2.34. The second kappa shape index (κ2) is 6.61. The molecule has 0 aromatic heterocycles. The van der Waals surface area contributed by atoms with Crippen molar-refractivity contribution >= 4 is 15.7 Å². The second-order valence-electron chi connectivity index (χ2n) is 6.91. The quantitative estimate of drug-likeness (QED) is 0.847. The van der Waals surface area contributed by atoms with Crippen molar-refractivity contribution in [2.45, 2.75) is 36.9 Å². The van der Waals surface area contributed by atoms with E-state index in [0.29, 0.717) is 12.8 Å². The number of rotatable bonds is 5. The normalized spacial score (nSPS) is 18.4. The van der Waals surface area contributed by atoms with Gasteiger partial charge in [0.2, 0.25) is 5.91 Å². The number of piperidine rings is 1. The molecule has 1 heterocycles. The van der Waals surface area contributed by atoms with Crippen molar-refractivity contribution in [2.75, 3.05) is 25.9 Å². The molecule has 0 bridgehead atoms. The van der Waals surface area contributed by atoms with E-state index in [2.05, 4.69) is 10.6 Å². The number of carbonyl (C=O) groups excluding carboxylic acids is 1. The maximum atomic E-state index is 13.0. The minimum Gasteiger partial charge on any atom is -0.354 e. The molecule has 0 atom stereocenters. The lowest BCUT2D eigenvalue weighted by atomic mass is 9.72. The van der Waals surface area contributed by atoms with Crippen molar-refractivity contribution in [2.24, 2.45) is 0 Å². The molecule has 0 spiro atoms. The molecule has 128 valence electrons. The van der Waals surface area contributed by atoms with Crippen LogP contribution in [-0.2, 0) is 20.0 Å². The van der Waals surface area contributed by atoms with Crippen LogP contribution in [-0.4, -0.2) is 45.0 Å². The number of amides is 1. The standard InChI is InChI=1S/C17H26N2O3S/c1-16(2,23(3,21)22)13-19-15(20)17(9-11-18-12-10-17)14-7-5-4-6-8-14/h4-8,18H,9-13H2,1-3H3,(H,19,20). The van der Waals surface area contributed by atoms with Crippen LogP contribution in [0.2, 0.25) is 0 Å². The van der Waals surface area contributed by atoms with E-state index in [9.17, 15) is 13.2 Å². The second-order valence-corrected chi connectivity index (χ2v) is 9.56. The Hall–Kier alpha value is -1.40. The van der Waals surface area contributed by atoms with Gasteiger partial charge in [-0.15, -0.1) is 0 Å². The number of sulfone groups is 1. The van der Waals surface area contributed by atoms with Crippen LogP contribution in [0, 0.1) is 0 Å². The molecule has 0 radical (unpaired) electrons. The third kappa shape index (κ3) is 3.75. The van der Waals surface area contributed by atoms with Crippen LogP contribution in [0.5, 0.6) is 0 Å². The molecule has 0 unspecified atom stereocenters. The number of nitrogens with one attached hydrogen (secondary N) is 2. The summed E-state index contributed by atoms with van der Waals surface area (Å²) in [6, 6.07) is 9.77. The van der Waals surface area contributed by atoms with Crippen LogP contribution in [0.4, 0.5) is 0 Å². The van der Waals surface area contributed by atoms with Crippen molar-refractivity contribution in [1.82, 2.24) is 10.6 Å². The first-order chi connectivity index (χ1) is 10.7. The van der Waals surface area contributed by atoms with Crippen molar-refractivity contribution in [3.63, 3.8) is 0 Å². The summed E-state index contributed by atoms with van der Waals surface area (Å²) >= 11 is 0. The number of hydrogen-bond donors (Lipinski definition) is 2. The van der Waals surface area contributed by atoms with Gasteiger partial charge in [-0.3, -0.25) is 4.79 Å². The van der Waals surface area contributed by atoms with Crippen molar-refractivity contribution < 1.29 is 13.2 Å². The van der Waals surface area contributed by atoms with Gasteiger partial charge in [-0.05, 0) is 45.3 Å². The average molecular weight is 338 g/mol. The Labute approximate surface area is 138 Å². The SMILES string of the molecule is CC(C)(CNC(=O)C1(c2ccccc2)CCNCC1)S(C)(=O)=O. The van der Waals surface area contributed by atoms with Gasteiger partial charge in [0.1, 0.15) is 0 Å². The predicted octanol–water partition coefficient (Wildman–Crippen LogP) is 1.25. The summed E-state index contributed by atoms with van der Waals surface area (Å²) in [6.07, 6.45) is 2.63. The Morgan fingerprint density at radius 3 is 2.30 bits per heavy atom. The molecule has 1 saturated heterocycles. The summed E-state index contributed by atoms with van der Waals surface area (Å²) in [7, 11) is -3.24. The van der Waals surface area contributed by atoms with Gasteiger partial charge in [0.05, 0.1) is 10.2 Å². The van der Waals surface area contributed by atoms with Gasteiger partial charge >= 0.3 is 0 Å². The summed E-state index contributed by atoms with van der Waals surface area (Å²) in [5.74, 6) is -0.0816. The van der Waals surface area contributed by atoms with E-state index in [1.54, 1.807) is 13.8 Å². The molecular formula is C17H26N2O3S. The molecule has 1 aliphatic heterocycles. The van der Waals surface area contributed by atoms with Crippen LogP contribution in [0.25, 0.3) is 0 Å². The Morgan fingerprint density at radius 1 is 1.22 bits per heavy atom. The lowest BCUT2D eigenvalue weighted by molar-refractivity contribution is -0.127. The van der Waals surface area contributed by atoms with Crippen LogP contribution >= 0.6 is 0 Å². The van der Waals surface area contributed by atoms with E-state index in [0.717, 1.165) is 18.7 Å². The Balaban J connectivity index is 2.22. The summed E-state index contributed by atoms with van der Waals surface area (Å²) in [4.78, 5) is 13.0. The zero-order valence-corrected chi connectivity index (χ0v) is 14.9. The molecule has 0 saturated carbocycles. The molecule has 2 rings (SSSR count). The fourth-order valence-corrected chi connectivity index (χ4v) is 3.19. The Bertz CT molecular complexity index is 648. The zero-order chi connectivity index (χ0) is 17.1. The third-order valence-electron chi connectivity index (χ3n) is 4.90. The summed E-state index contributed by atoms with van der Waals surface area (Å²) in [5, 5.41) is 6.18. The van der Waals surface area contributed by atoms with Gasteiger partial charge < -0.3 is 10.6 Å². The molecule has 1 amide bonds. The van der Waals surface area contributed by atoms with Crippen molar-refractivity contribution in [1.29, 1.82) is 0 Å². The summed E-state index contributed by atoms with van der Waals surface area (Å²) in [5.41, 5.74) is 0.413. The van der Waals surface area contributed by atoms with Gasteiger partial charge in [-0.1, -0.05) is 30.3 Å². The van der Waals surface area contributed by atoms with Crippen LogP contribution in [0.3, 0.4) is 0 Å². The van der Waals surface area contributed by atoms with E-state index in [1.165, 1.54) is 6.26 Å². The fraction of sp³-hybridized carbons (Fsp3) is 0.588. The fourth-order valence-electron chi connectivity index (χ4n) is 2.85. The lowest BCUT2D eigenvalue weighted by Gasteiger charge is -2.37. The minimum absolute atomic E-state index is 0.0816. The average Bonchev–Trinajstić information content (AvgIpc) is 2.53. The topological polar surface area (TPSA) is 75.3 Å². The lowest BCUT2D eigenvalue weighted by Crippen LogP contribution is -2.54. The molecule has 6 heteroatoms. The summed E-state index contributed by atoms with van der Waals surface area (Å²) < 4.78 is 22.7. The first-order valence-corrected chi connectivity index (χ1v) is 9.82. The predicted molar refractivity (Wildman–Crippen MR) is 92.2 cm³/mol.